The highest BCUT2D eigenvalue weighted by Crippen LogP contribution is 2.22. The predicted octanol–water partition coefficient (Wildman–Crippen LogP) is 3.65. The Bertz CT molecular complexity index is 1020. The lowest BCUT2D eigenvalue weighted by molar-refractivity contribution is -0.121. The van der Waals surface area contributed by atoms with Gasteiger partial charge in [-0.15, -0.1) is 0 Å². The number of benzene rings is 2. The molecule has 0 radical (unpaired) electrons. The minimum absolute atomic E-state index is 0.0524. The molecule has 168 valence electrons. The lowest BCUT2D eigenvalue weighted by atomic mass is 10.0. The van der Waals surface area contributed by atoms with Crippen LogP contribution in [-0.4, -0.2) is 53.8 Å². The summed E-state index contributed by atoms with van der Waals surface area (Å²) in [5.74, 6) is 0.460. The van der Waals surface area contributed by atoms with Crippen molar-refractivity contribution in [3.05, 3.63) is 70.8 Å². The molecule has 7 nitrogen and oxygen atoms in total. The van der Waals surface area contributed by atoms with Gasteiger partial charge in [-0.05, 0) is 42.0 Å². The van der Waals surface area contributed by atoms with Gasteiger partial charge >= 0.3 is 0 Å². The highest BCUT2D eigenvalue weighted by Gasteiger charge is 2.23. The van der Waals surface area contributed by atoms with Crippen molar-refractivity contribution in [1.29, 1.82) is 0 Å². The fourth-order valence-corrected chi connectivity index (χ4v) is 3.75. The number of carbonyl (C=O) groups excluding carboxylic acids is 1. The maximum absolute atomic E-state index is 13.4. The zero-order valence-corrected chi connectivity index (χ0v) is 18.2. The minimum Gasteiger partial charge on any atom is -0.379 e. The van der Waals surface area contributed by atoms with Crippen LogP contribution in [0.5, 0.6) is 0 Å². The third kappa shape index (κ3) is 5.91. The van der Waals surface area contributed by atoms with E-state index in [0.29, 0.717) is 42.9 Å². The number of carbonyl (C=O) groups is 1. The van der Waals surface area contributed by atoms with Crippen LogP contribution in [0.3, 0.4) is 0 Å². The van der Waals surface area contributed by atoms with Gasteiger partial charge in [-0.3, -0.25) is 9.69 Å². The molecule has 1 aromatic heterocycles. The first-order valence-corrected chi connectivity index (χ1v) is 10.9. The second-order valence-electron chi connectivity index (χ2n) is 7.54. The van der Waals surface area contributed by atoms with E-state index in [1.165, 1.54) is 12.1 Å². The highest BCUT2D eigenvalue weighted by molar-refractivity contribution is 6.30. The molecule has 1 aliphatic rings. The SMILES string of the molecule is O=C(CCc1nc(-c2ccc(Cl)cc2)no1)NCC(c1ccc(F)cc1)N1CCOCC1. The van der Waals surface area contributed by atoms with Crippen LogP contribution in [0, 0.1) is 5.82 Å². The van der Waals surface area contributed by atoms with Crippen LogP contribution < -0.4 is 5.32 Å². The Labute approximate surface area is 190 Å². The number of hydrogen-bond donors (Lipinski definition) is 1. The molecule has 0 bridgehead atoms. The molecule has 0 spiro atoms. The number of aromatic nitrogens is 2. The molecule has 1 atom stereocenters. The van der Waals surface area contributed by atoms with Crippen molar-refractivity contribution < 1.29 is 18.4 Å². The molecular formula is C23H24ClFN4O3. The average molecular weight is 459 g/mol. The monoisotopic (exact) mass is 458 g/mol. The van der Waals surface area contributed by atoms with Gasteiger partial charge in [0.25, 0.3) is 0 Å². The van der Waals surface area contributed by atoms with Gasteiger partial charge in [0.15, 0.2) is 0 Å². The number of nitrogens with zero attached hydrogens (tertiary/aromatic N) is 3. The van der Waals surface area contributed by atoms with Gasteiger partial charge in [-0.1, -0.05) is 28.9 Å². The second kappa shape index (κ2) is 10.7. The topological polar surface area (TPSA) is 80.5 Å². The van der Waals surface area contributed by atoms with Gasteiger partial charge in [0.05, 0.1) is 19.3 Å². The van der Waals surface area contributed by atoms with Crippen LogP contribution >= 0.6 is 11.6 Å². The summed E-state index contributed by atoms with van der Waals surface area (Å²) in [5.41, 5.74) is 1.75. The van der Waals surface area contributed by atoms with Crippen molar-refractivity contribution >= 4 is 17.5 Å². The molecule has 1 amide bonds. The molecule has 1 unspecified atom stereocenters. The number of morpholine rings is 1. The fourth-order valence-electron chi connectivity index (χ4n) is 3.62. The molecule has 9 heteroatoms. The molecule has 2 aromatic carbocycles. The second-order valence-corrected chi connectivity index (χ2v) is 7.97. The molecule has 1 N–H and O–H groups in total. The van der Waals surface area contributed by atoms with Crippen LogP contribution in [0.15, 0.2) is 53.1 Å². The fraction of sp³-hybridized carbons (Fsp3) is 0.348. The van der Waals surface area contributed by atoms with Crippen LogP contribution in [0.4, 0.5) is 4.39 Å². The Hall–Kier alpha value is -2.81. The third-order valence-corrected chi connectivity index (χ3v) is 5.62. The summed E-state index contributed by atoms with van der Waals surface area (Å²) in [6, 6.07) is 13.5. The summed E-state index contributed by atoms with van der Waals surface area (Å²) in [5, 5.41) is 7.58. The maximum Gasteiger partial charge on any atom is 0.227 e. The lowest BCUT2D eigenvalue weighted by Gasteiger charge is -2.35. The van der Waals surface area contributed by atoms with Gasteiger partial charge in [0.2, 0.25) is 17.6 Å². The van der Waals surface area contributed by atoms with E-state index in [9.17, 15) is 9.18 Å². The van der Waals surface area contributed by atoms with Gasteiger partial charge in [-0.25, -0.2) is 4.39 Å². The number of amides is 1. The molecule has 1 aliphatic heterocycles. The molecule has 0 saturated carbocycles. The number of halogens is 2. The highest BCUT2D eigenvalue weighted by atomic mass is 35.5. The van der Waals surface area contributed by atoms with E-state index in [4.69, 9.17) is 20.9 Å². The Morgan fingerprint density at radius 3 is 2.56 bits per heavy atom. The molecule has 1 saturated heterocycles. The first kappa shape index (κ1) is 22.4. The molecule has 3 aromatic rings. The maximum atomic E-state index is 13.4. The van der Waals surface area contributed by atoms with Crippen molar-refractivity contribution in [3.63, 3.8) is 0 Å². The van der Waals surface area contributed by atoms with Crippen molar-refractivity contribution in [2.24, 2.45) is 0 Å². The van der Waals surface area contributed by atoms with Crippen LogP contribution in [0.2, 0.25) is 5.02 Å². The summed E-state index contributed by atoms with van der Waals surface area (Å²) in [4.78, 5) is 19.1. The average Bonchev–Trinajstić information content (AvgIpc) is 3.29. The summed E-state index contributed by atoms with van der Waals surface area (Å²) in [6.45, 7) is 3.21. The van der Waals surface area contributed by atoms with Crippen LogP contribution in [-0.2, 0) is 16.0 Å². The number of hydrogen-bond acceptors (Lipinski definition) is 6. The lowest BCUT2D eigenvalue weighted by Crippen LogP contribution is -2.43. The minimum atomic E-state index is -0.281. The number of aryl methyl sites for hydroxylation is 1. The van der Waals surface area contributed by atoms with E-state index < -0.39 is 0 Å². The Balaban J connectivity index is 1.32. The van der Waals surface area contributed by atoms with Gasteiger partial charge < -0.3 is 14.6 Å². The standard InChI is InChI=1S/C23H24ClFN4O3/c24-18-5-1-17(2-6-18)23-27-22(32-28-23)10-9-21(30)26-15-20(29-11-13-31-14-12-29)16-3-7-19(25)8-4-16/h1-8,20H,9-15H2,(H,26,30). The summed E-state index contributed by atoms with van der Waals surface area (Å²) >= 11 is 5.90. The van der Waals surface area contributed by atoms with Crippen molar-refractivity contribution in [3.8, 4) is 11.4 Å². The summed E-state index contributed by atoms with van der Waals surface area (Å²) in [7, 11) is 0. The quantitative estimate of drug-likeness (QED) is 0.555. The van der Waals surface area contributed by atoms with Gasteiger partial charge in [-0.2, -0.15) is 4.98 Å². The van der Waals surface area contributed by atoms with E-state index in [1.807, 2.05) is 12.1 Å². The molecular weight excluding hydrogens is 435 g/mol. The van der Waals surface area contributed by atoms with E-state index in [2.05, 4.69) is 20.4 Å². The van der Waals surface area contributed by atoms with Gasteiger partial charge in [0.1, 0.15) is 5.82 Å². The van der Waals surface area contributed by atoms with Crippen LogP contribution in [0.25, 0.3) is 11.4 Å². The van der Waals surface area contributed by atoms with Crippen molar-refractivity contribution in [2.75, 3.05) is 32.8 Å². The van der Waals surface area contributed by atoms with Crippen molar-refractivity contribution in [2.45, 2.75) is 18.9 Å². The van der Waals surface area contributed by atoms with E-state index in [1.54, 1.807) is 24.3 Å². The molecule has 32 heavy (non-hydrogen) atoms. The zero-order valence-electron chi connectivity index (χ0n) is 17.5. The Kier molecular flexibility index (Phi) is 7.47. The molecule has 0 aliphatic carbocycles. The van der Waals surface area contributed by atoms with Crippen molar-refractivity contribution in [1.82, 2.24) is 20.4 Å². The van der Waals surface area contributed by atoms with Gasteiger partial charge in [0, 0.05) is 43.1 Å². The summed E-state index contributed by atoms with van der Waals surface area (Å²) in [6.07, 6.45) is 0.562. The largest absolute Gasteiger partial charge is 0.379 e. The summed E-state index contributed by atoms with van der Waals surface area (Å²) < 4.78 is 24.1. The molecule has 2 heterocycles. The smallest absolute Gasteiger partial charge is 0.227 e. The first-order valence-electron chi connectivity index (χ1n) is 10.5. The predicted molar refractivity (Wildman–Crippen MR) is 118 cm³/mol. The Morgan fingerprint density at radius 1 is 1.12 bits per heavy atom. The van der Waals surface area contributed by atoms with E-state index in [0.717, 1.165) is 24.2 Å². The third-order valence-electron chi connectivity index (χ3n) is 5.37. The molecule has 4 rings (SSSR count). The molecule has 1 fully saturated rings. The number of nitrogens with one attached hydrogen (secondary N) is 1. The number of ether oxygens (including phenoxy) is 1. The van der Waals surface area contributed by atoms with E-state index >= 15 is 0 Å². The zero-order chi connectivity index (χ0) is 22.3. The first-order chi connectivity index (χ1) is 15.6. The van der Waals surface area contributed by atoms with Crippen LogP contribution in [0.1, 0.15) is 23.9 Å². The Morgan fingerprint density at radius 2 is 1.84 bits per heavy atom. The van der Waals surface area contributed by atoms with E-state index in [-0.39, 0.29) is 24.2 Å². The number of rotatable bonds is 8. The normalized spacial score (nSPS) is 15.4.